The highest BCUT2D eigenvalue weighted by molar-refractivity contribution is 7.54. The Labute approximate surface area is 155 Å². The maximum Gasteiger partial charge on any atom is 0.379 e. The van der Waals surface area contributed by atoms with Crippen molar-refractivity contribution in [1.29, 1.82) is 0 Å². The van der Waals surface area contributed by atoms with E-state index >= 15 is 0 Å². The molecule has 1 atom stereocenters. The smallest absolute Gasteiger partial charge is 0.379 e. The van der Waals surface area contributed by atoms with Gasteiger partial charge in [0.1, 0.15) is 5.75 Å². The minimum Gasteiger partial charge on any atom is -0.424 e. The molecule has 0 radical (unpaired) electrons. The van der Waals surface area contributed by atoms with E-state index in [-0.39, 0.29) is 0 Å². The van der Waals surface area contributed by atoms with Gasteiger partial charge in [-0.25, -0.2) is 4.57 Å². The van der Waals surface area contributed by atoms with Gasteiger partial charge in [-0.1, -0.05) is 83.4 Å². The fourth-order valence-corrected chi connectivity index (χ4v) is 4.63. The van der Waals surface area contributed by atoms with Gasteiger partial charge in [0, 0.05) is 0 Å². The summed E-state index contributed by atoms with van der Waals surface area (Å²) in [6, 6.07) is 7.71. The average molecular weight is 368 g/mol. The average Bonchev–Trinajstić information content (AvgIpc) is 2.61. The van der Waals surface area contributed by atoms with Gasteiger partial charge in [0.15, 0.2) is 0 Å². The molecule has 0 aliphatic rings. The number of rotatable bonds is 15. The third kappa shape index (κ3) is 10.1. The quantitative estimate of drug-likeness (QED) is 0.237. The summed E-state index contributed by atoms with van der Waals surface area (Å²) in [5.41, 5.74) is 0.995. The summed E-state index contributed by atoms with van der Waals surface area (Å²) in [6.07, 6.45) is 12.3. The van der Waals surface area contributed by atoms with Gasteiger partial charge in [-0.3, -0.25) is 4.52 Å². The van der Waals surface area contributed by atoms with Crippen LogP contribution in [0.5, 0.6) is 5.75 Å². The van der Waals surface area contributed by atoms with Crippen LogP contribution in [0.1, 0.15) is 83.6 Å². The van der Waals surface area contributed by atoms with Crippen LogP contribution in [0.25, 0.3) is 0 Å². The van der Waals surface area contributed by atoms with Crippen molar-refractivity contribution in [1.82, 2.24) is 0 Å². The number of benzene rings is 1. The topological polar surface area (TPSA) is 35.5 Å². The first-order valence-electron chi connectivity index (χ1n) is 10.1. The fourth-order valence-electron chi connectivity index (χ4n) is 2.74. The molecule has 25 heavy (non-hydrogen) atoms. The molecule has 1 rings (SSSR count). The van der Waals surface area contributed by atoms with Crippen molar-refractivity contribution >= 4 is 7.60 Å². The van der Waals surface area contributed by atoms with Gasteiger partial charge < -0.3 is 4.52 Å². The molecule has 1 unspecified atom stereocenters. The van der Waals surface area contributed by atoms with Crippen molar-refractivity contribution in [3.63, 3.8) is 0 Å². The van der Waals surface area contributed by atoms with Crippen molar-refractivity contribution < 1.29 is 13.6 Å². The lowest BCUT2D eigenvalue weighted by molar-refractivity contribution is 0.256. The number of hydrogen-bond acceptors (Lipinski definition) is 3. The van der Waals surface area contributed by atoms with Crippen LogP contribution in [0, 0.1) is 6.92 Å². The number of hydrogen-bond donors (Lipinski definition) is 0. The zero-order chi connectivity index (χ0) is 18.4. The second-order valence-corrected chi connectivity index (χ2v) is 8.96. The summed E-state index contributed by atoms with van der Waals surface area (Å²) < 4.78 is 24.7. The molecule has 0 saturated carbocycles. The molecule has 0 amide bonds. The lowest BCUT2D eigenvalue weighted by atomic mass is 10.1. The van der Waals surface area contributed by atoms with Crippen LogP contribution in [-0.2, 0) is 9.09 Å². The molecule has 0 N–H and O–H groups in total. The Kier molecular flexibility index (Phi) is 11.9. The predicted molar refractivity (Wildman–Crippen MR) is 108 cm³/mol. The number of aryl methyl sites for hydroxylation is 1. The van der Waals surface area contributed by atoms with E-state index in [9.17, 15) is 4.57 Å². The van der Waals surface area contributed by atoms with Gasteiger partial charge in [0.2, 0.25) is 0 Å². The van der Waals surface area contributed by atoms with Gasteiger partial charge >= 0.3 is 7.60 Å². The zero-order valence-corrected chi connectivity index (χ0v) is 17.4. The fraction of sp³-hybridized carbons (Fsp3) is 0.714. The summed E-state index contributed by atoms with van der Waals surface area (Å²) in [4.78, 5) is 0. The predicted octanol–water partition coefficient (Wildman–Crippen LogP) is 7.52. The maximum atomic E-state index is 13.1. The van der Waals surface area contributed by atoms with Crippen molar-refractivity contribution in [3.8, 4) is 5.75 Å². The monoisotopic (exact) mass is 368 g/mol. The van der Waals surface area contributed by atoms with Crippen LogP contribution in [-0.4, -0.2) is 12.8 Å². The van der Waals surface area contributed by atoms with Crippen LogP contribution in [0.15, 0.2) is 24.3 Å². The molecule has 144 valence electrons. The molecule has 1 aromatic carbocycles. The molecule has 0 aliphatic carbocycles. The highest BCUT2D eigenvalue weighted by Crippen LogP contribution is 2.49. The zero-order valence-electron chi connectivity index (χ0n) is 16.5. The lowest BCUT2D eigenvalue weighted by Gasteiger charge is -2.20. The van der Waals surface area contributed by atoms with Gasteiger partial charge in [-0.2, -0.15) is 0 Å². The standard InChI is InChI=1S/C21H37O3P/c1-4-6-8-9-10-11-12-15-18-23-25(22,19-7-5-2)24-21-17-14-13-16-20(21)3/h13-14,16-17H,4-12,15,18-19H2,1-3H3. The van der Waals surface area contributed by atoms with E-state index in [1.54, 1.807) is 0 Å². The van der Waals surface area contributed by atoms with E-state index in [4.69, 9.17) is 9.05 Å². The molecule has 1 aromatic rings. The molecule has 0 bridgehead atoms. The molecule has 4 heteroatoms. The minimum atomic E-state index is -3.06. The second-order valence-electron chi connectivity index (χ2n) is 6.85. The molecule has 0 saturated heterocycles. The summed E-state index contributed by atoms with van der Waals surface area (Å²) in [5.74, 6) is 0.679. The van der Waals surface area contributed by atoms with Crippen LogP contribution < -0.4 is 4.52 Å². The molecular weight excluding hydrogens is 331 g/mol. The molecular formula is C21H37O3P. The van der Waals surface area contributed by atoms with Crippen molar-refractivity contribution in [2.45, 2.75) is 85.0 Å². The first-order valence-corrected chi connectivity index (χ1v) is 11.8. The van der Waals surface area contributed by atoms with Crippen LogP contribution >= 0.6 is 7.60 Å². The van der Waals surface area contributed by atoms with Gasteiger partial charge in [-0.15, -0.1) is 0 Å². The third-order valence-electron chi connectivity index (χ3n) is 4.40. The molecule has 0 spiro atoms. The maximum absolute atomic E-state index is 13.1. The van der Waals surface area contributed by atoms with Gasteiger partial charge in [0.05, 0.1) is 12.8 Å². The molecule has 0 heterocycles. The summed E-state index contributed by atoms with van der Waals surface area (Å²) in [6.45, 7) is 6.84. The Balaban J connectivity index is 2.35. The van der Waals surface area contributed by atoms with E-state index in [2.05, 4.69) is 13.8 Å². The summed E-state index contributed by atoms with van der Waals surface area (Å²) in [7, 11) is -3.06. The SMILES string of the molecule is CCCCCCCCCCOP(=O)(CCCC)Oc1ccccc1C. The largest absolute Gasteiger partial charge is 0.424 e. The van der Waals surface area contributed by atoms with Crippen LogP contribution in [0.4, 0.5) is 0 Å². The van der Waals surface area contributed by atoms with E-state index in [1.807, 2.05) is 31.2 Å². The Bertz CT molecular complexity index is 502. The molecule has 0 fully saturated rings. The van der Waals surface area contributed by atoms with Crippen molar-refractivity contribution in [3.05, 3.63) is 29.8 Å². The molecule has 0 aliphatic heterocycles. The first-order chi connectivity index (χ1) is 12.1. The Morgan fingerprint density at radius 3 is 2.08 bits per heavy atom. The first kappa shape index (κ1) is 22.3. The number of para-hydroxylation sites is 1. The highest BCUT2D eigenvalue weighted by Gasteiger charge is 2.26. The lowest BCUT2D eigenvalue weighted by Crippen LogP contribution is -2.05. The van der Waals surface area contributed by atoms with Gasteiger partial charge in [0.25, 0.3) is 0 Å². The van der Waals surface area contributed by atoms with Crippen molar-refractivity contribution in [2.24, 2.45) is 0 Å². The van der Waals surface area contributed by atoms with Crippen LogP contribution in [0.2, 0.25) is 0 Å². The van der Waals surface area contributed by atoms with E-state index < -0.39 is 7.60 Å². The van der Waals surface area contributed by atoms with Crippen LogP contribution in [0.3, 0.4) is 0 Å². The summed E-state index contributed by atoms with van der Waals surface area (Å²) >= 11 is 0. The summed E-state index contributed by atoms with van der Waals surface area (Å²) in [5, 5.41) is 0. The van der Waals surface area contributed by atoms with E-state index in [0.717, 1.165) is 31.2 Å². The number of unbranched alkanes of at least 4 members (excludes halogenated alkanes) is 8. The Morgan fingerprint density at radius 2 is 1.44 bits per heavy atom. The van der Waals surface area contributed by atoms with E-state index in [0.29, 0.717) is 18.5 Å². The van der Waals surface area contributed by atoms with Crippen molar-refractivity contribution in [2.75, 3.05) is 12.8 Å². The minimum absolute atomic E-state index is 0.495. The molecule has 0 aromatic heterocycles. The Morgan fingerprint density at radius 1 is 0.840 bits per heavy atom. The Hall–Kier alpha value is -0.790. The van der Waals surface area contributed by atoms with Gasteiger partial charge in [-0.05, 0) is 31.4 Å². The second kappa shape index (κ2) is 13.4. The normalized spacial score (nSPS) is 13.6. The molecule has 3 nitrogen and oxygen atoms in total. The highest BCUT2D eigenvalue weighted by atomic mass is 31.2. The van der Waals surface area contributed by atoms with E-state index in [1.165, 1.54) is 38.5 Å². The third-order valence-corrected chi connectivity index (χ3v) is 6.32.